The van der Waals surface area contributed by atoms with Gasteiger partial charge in [0.1, 0.15) is 17.1 Å². The van der Waals surface area contributed by atoms with Gasteiger partial charge in [0, 0.05) is 17.5 Å². The number of rotatable bonds is 2. The quantitative estimate of drug-likeness (QED) is 0.861. The topological polar surface area (TPSA) is 74.9 Å². The number of hydrogen-bond donors (Lipinski definition) is 1. The fourth-order valence-corrected chi connectivity index (χ4v) is 5.41. The molecule has 0 saturated carbocycles. The first-order valence-electron chi connectivity index (χ1n) is 9.07. The smallest absolute Gasteiger partial charge is 0.248 e. The molecule has 26 heavy (non-hydrogen) atoms. The van der Waals surface area contributed by atoms with Crippen molar-refractivity contribution in [1.29, 1.82) is 5.26 Å². The lowest BCUT2D eigenvalue weighted by molar-refractivity contribution is -0.119. The second-order valence-corrected chi connectivity index (χ2v) is 8.43. The fraction of sp³-hybridized carbons (Fsp3) is 0.450. The maximum Gasteiger partial charge on any atom is 0.248 e. The van der Waals surface area contributed by atoms with Crippen molar-refractivity contribution in [1.82, 2.24) is 4.57 Å². The minimum absolute atomic E-state index is 0.0752. The highest BCUT2D eigenvalue weighted by atomic mass is 32.1. The number of nitrogens with one attached hydrogen (secondary N) is 1. The summed E-state index contributed by atoms with van der Waals surface area (Å²) in [5.41, 5.74) is 2.33. The number of anilines is 1. The van der Waals surface area contributed by atoms with Gasteiger partial charge in [-0.05, 0) is 48.8 Å². The molecule has 0 radical (unpaired) electrons. The van der Waals surface area contributed by atoms with Crippen LogP contribution in [0.1, 0.15) is 71.6 Å². The normalized spacial score (nSPS) is 24.5. The lowest BCUT2D eigenvalue weighted by Gasteiger charge is -2.26. The van der Waals surface area contributed by atoms with Crippen molar-refractivity contribution in [3.05, 3.63) is 40.0 Å². The molecule has 3 heterocycles. The van der Waals surface area contributed by atoms with Crippen molar-refractivity contribution < 1.29 is 9.59 Å². The molecular formula is C20H21N3O2S. The zero-order valence-electron chi connectivity index (χ0n) is 14.9. The molecule has 0 fully saturated rings. The van der Waals surface area contributed by atoms with E-state index < -0.39 is 6.04 Å². The molecule has 1 N–H and O–H groups in total. The number of ketones is 1. The highest BCUT2D eigenvalue weighted by Gasteiger charge is 2.33. The number of thiophene rings is 1. The van der Waals surface area contributed by atoms with Gasteiger partial charge >= 0.3 is 0 Å². The van der Waals surface area contributed by atoms with Gasteiger partial charge in [0.25, 0.3) is 0 Å². The van der Waals surface area contributed by atoms with Gasteiger partial charge in [-0.3, -0.25) is 9.59 Å². The van der Waals surface area contributed by atoms with Crippen LogP contribution in [-0.4, -0.2) is 16.3 Å². The van der Waals surface area contributed by atoms with E-state index in [1.54, 1.807) is 22.9 Å². The molecule has 4 rings (SSSR count). The van der Waals surface area contributed by atoms with Crippen molar-refractivity contribution in [2.75, 3.05) is 5.32 Å². The Hall–Kier alpha value is -2.39. The highest BCUT2D eigenvalue weighted by molar-refractivity contribution is 7.16. The van der Waals surface area contributed by atoms with Gasteiger partial charge in [-0.1, -0.05) is 13.8 Å². The third-order valence-electron chi connectivity index (χ3n) is 5.85. The molecule has 3 unspecified atom stereocenters. The third-order valence-corrected chi connectivity index (χ3v) is 7.03. The van der Waals surface area contributed by atoms with Crippen LogP contribution in [0.3, 0.4) is 0 Å². The second-order valence-electron chi connectivity index (χ2n) is 7.33. The van der Waals surface area contributed by atoms with Crippen LogP contribution in [0.2, 0.25) is 0 Å². The summed E-state index contributed by atoms with van der Waals surface area (Å²) < 4.78 is 1.76. The number of hydrogen-bond acceptors (Lipinski definition) is 4. The zero-order chi connectivity index (χ0) is 18.4. The summed E-state index contributed by atoms with van der Waals surface area (Å²) in [6, 6.07) is 5.47. The number of Topliss-reactive ketones (excluding diaryl/α,β-unsaturated/α-hetero) is 1. The molecule has 0 saturated heterocycles. The SMILES string of the molecule is CC1CCc2sc(NC(=O)C3CCC(=O)c4cccn43)c(C#N)c2C1C. The second kappa shape index (κ2) is 6.40. The summed E-state index contributed by atoms with van der Waals surface area (Å²) >= 11 is 1.54. The molecule has 0 aromatic carbocycles. The lowest BCUT2D eigenvalue weighted by Crippen LogP contribution is -2.31. The Morgan fingerprint density at radius 2 is 2.15 bits per heavy atom. The van der Waals surface area contributed by atoms with Gasteiger partial charge in [-0.2, -0.15) is 5.26 Å². The van der Waals surface area contributed by atoms with E-state index in [1.807, 2.05) is 0 Å². The van der Waals surface area contributed by atoms with Crippen LogP contribution in [0.5, 0.6) is 0 Å². The molecule has 3 atom stereocenters. The number of carbonyl (C=O) groups is 2. The van der Waals surface area contributed by atoms with Crippen LogP contribution in [-0.2, 0) is 11.2 Å². The van der Waals surface area contributed by atoms with Crippen molar-refractivity contribution in [3.63, 3.8) is 0 Å². The van der Waals surface area contributed by atoms with E-state index in [-0.39, 0.29) is 11.7 Å². The summed E-state index contributed by atoms with van der Waals surface area (Å²) in [4.78, 5) is 26.1. The van der Waals surface area contributed by atoms with Gasteiger partial charge in [-0.15, -0.1) is 11.3 Å². The van der Waals surface area contributed by atoms with Gasteiger partial charge in [-0.25, -0.2) is 0 Å². The van der Waals surface area contributed by atoms with E-state index in [9.17, 15) is 14.9 Å². The number of carbonyl (C=O) groups excluding carboxylic acids is 2. The van der Waals surface area contributed by atoms with Crippen LogP contribution in [0.15, 0.2) is 18.3 Å². The first-order valence-corrected chi connectivity index (χ1v) is 9.89. The molecule has 6 heteroatoms. The van der Waals surface area contributed by atoms with Crippen LogP contribution in [0.25, 0.3) is 0 Å². The predicted octanol–water partition coefficient (Wildman–Crippen LogP) is 4.26. The fourth-order valence-electron chi connectivity index (χ4n) is 4.14. The van der Waals surface area contributed by atoms with E-state index in [0.29, 0.717) is 40.9 Å². The van der Waals surface area contributed by atoms with Crippen molar-refractivity contribution >= 4 is 28.0 Å². The van der Waals surface area contributed by atoms with E-state index >= 15 is 0 Å². The van der Waals surface area contributed by atoms with Crippen molar-refractivity contribution in [2.24, 2.45) is 5.92 Å². The first-order chi connectivity index (χ1) is 12.5. The van der Waals surface area contributed by atoms with Crippen LogP contribution in [0.4, 0.5) is 5.00 Å². The Balaban J connectivity index is 1.64. The van der Waals surface area contributed by atoms with Gasteiger partial charge < -0.3 is 9.88 Å². The van der Waals surface area contributed by atoms with Gasteiger partial charge in [0.05, 0.1) is 11.3 Å². The third kappa shape index (κ3) is 2.58. The van der Waals surface area contributed by atoms with E-state index in [4.69, 9.17) is 0 Å². The highest BCUT2D eigenvalue weighted by Crippen LogP contribution is 2.45. The first kappa shape index (κ1) is 17.0. The minimum atomic E-state index is -0.403. The minimum Gasteiger partial charge on any atom is -0.333 e. The molecule has 1 amide bonds. The summed E-state index contributed by atoms with van der Waals surface area (Å²) in [7, 11) is 0. The molecule has 2 aromatic heterocycles. The van der Waals surface area contributed by atoms with E-state index in [1.165, 1.54) is 16.2 Å². The molecule has 2 aliphatic rings. The predicted molar refractivity (Wildman–Crippen MR) is 101 cm³/mol. The molecule has 1 aliphatic carbocycles. The average molecular weight is 367 g/mol. The molecule has 5 nitrogen and oxygen atoms in total. The largest absolute Gasteiger partial charge is 0.333 e. The zero-order valence-corrected chi connectivity index (χ0v) is 15.7. The van der Waals surface area contributed by atoms with Crippen molar-refractivity contribution in [3.8, 4) is 6.07 Å². The standard InChI is InChI=1S/C20H21N3O2S/c1-11-5-8-17-18(12(11)2)13(10-21)20(26-17)22-19(25)15-6-7-16(24)14-4-3-9-23(14)15/h3-4,9,11-12,15H,5-8H2,1-2H3,(H,22,25). The Kier molecular flexibility index (Phi) is 4.20. The summed E-state index contributed by atoms with van der Waals surface area (Å²) in [6.07, 6.45) is 4.74. The summed E-state index contributed by atoms with van der Waals surface area (Å²) in [6.45, 7) is 4.39. The number of amides is 1. The van der Waals surface area contributed by atoms with Crippen molar-refractivity contribution in [2.45, 2.75) is 51.5 Å². The van der Waals surface area contributed by atoms with Crippen LogP contribution in [0, 0.1) is 17.2 Å². The maximum atomic E-state index is 12.9. The van der Waals surface area contributed by atoms with E-state index in [0.717, 1.165) is 18.4 Å². The van der Waals surface area contributed by atoms with Crippen LogP contribution >= 0.6 is 11.3 Å². The molecular weight excluding hydrogens is 346 g/mol. The Morgan fingerprint density at radius 1 is 1.35 bits per heavy atom. The van der Waals surface area contributed by atoms with Gasteiger partial charge in [0.15, 0.2) is 5.78 Å². The molecule has 1 aliphatic heterocycles. The molecule has 2 aromatic rings. The molecule has 0 bridgehead atoms. The number of aromatic nitrogens is 1. The Bertz CT molecular complexity index is 933. The molecule has 134 valence electrons. The van der Waals surface area contributed by atoms with E-state index in [2.05, 4.69) is 25.2 Å². The maximum absolute atomic E-state index is 12.9. The average Bonchev–Trinajstić information content (AvgIpc) is 3.24. The van der Waals surface area contributed by atoms with Gasteiger partial charge in [0.2, 0.25) is 5.91 Å². The monoisotopic (exact) mass is 367 g/mol. The Morgan fingerprint density at radius 3 is 2.92 bits per heavy atom. The number of nitrogens with zero attached hydrogens (tertiary/aromatic N) is 2. The Labute approximate surface area is 156 Å². The number of nitriles is 1. The number of aryl methyl sites for hydroxylation is 1. The molecule has 0 spiro atoms. The number of fused-ring (bicyclic) bond motifs is 2. The summed E-state index contributed by atoms with van der Waals surface area (Å²) in [5.74, 6) is 0.801. The lowest BCUT2D eigenvalue weighted by atomic mass is 9.79. The van der Waals surface area contributed by atoms with Crippen LogP contribution < -0.4 is 5.32 Å². The summed E-state index contributed by atoms with van der Waals surface area (Å²) in [5, 5.41) is 13.4.